The van der Waals surface area contributed by atoms with E-state index in [4.69, 9.17) is 0 Å². The van der Waals surface area contributed by atoms with Crippen LogP contribution in [0.15, 0.2) is 29.2 Å². The molecule has 0 aromatic heterocycles. The van der Waals surface area contributed by atoms with Crippen molar-refractivity contribution >= 4 is 16.0 Å². The molecule has 106 valence electrons. The lowest BCUT2D eigenvalue weighted by molar-refractivity contribution is 0.0596. The molecule has 0 saturated heterocycles. The average Bonchev–Trinajstić information content (AvgIpc) is 2.37. The lowest BCUT2D eigenvalue weighted by Gasteiger charge is -2.11. The highest BCUT2D eigenvalue weighted by Crippen LogP contribution is 2.16. The number of carbonyl (C=O) groups is 1. The van der Waals surface area contributed by atoms with Crippen LogP contribution in [0.1, 0.15) is 30.6 Å². The van der Waals surface area contributed by atoms with Crippen molar-refractivity contribution in [2.24, 2.45) is 5.92 Å². The topological polar surface area (TPSA) is 72.5 Å². The third-order valence-electron chi connectivity index (χ3n) is 2.60. The molecule has 0 heterocycles. The van der Waals surface area contributed by atoms with Crippen LogP contribution >= 0.6 is 0 Å². The van der Waals surface area contributed by atoms with E-state index in [2.05, 4.69) is 9.46 Å². The highest BCUT2D eigenvalue weighted by Gasteiger charge is 2.22. The first kappa shape index (κ1) is 15.7. The van der Waals surface area contributed by atoms with Gasteiger partial charge >= 0.3 is 5.97 Å². The number of esters is 1. The van der Waals surface area contributed by atoms with E-state index in [1.807, 2.05) is 13.8 Å². The summed E-state index contributed by atoms with van der Waals surface area (Å²) < 4.78 is 31.3. The van der Waals surface area contributed by atoms with Gasteiger partial charge in [0.05, 0.1) is 17.6 Å². The predicted octanol–water partition coefficient (Wildman–Crippen LogP) is 1.80. The summed E-state index contributed by atoms with van der Waals surface area (Å²) in [5.74, 6) is -0.261. The molecule has 0 aliphatic rings. The molecule has 0 bridgehead atoms. The number of hydrogen-bond acceptors (Lipinski definition) is 4. The molecule has 19 heavy (non-hydrogen) atoms. The summed E-state index contributed by atoms with van der Waals surface area (Å²) >= 11 is 0. The Kier molecular flexibility index (Phi) is 5.50. The maximum atomic E-state index is 12.1. The van der Waals surface area contributed by atoms with Crippen molar-refractivity contribution in [2.45, 2.75) is 25.2 Å². The van der Waals surface area contributed by atoms with Crippen molar-refractivity contribution in [3.63, 3.8) is 0 Å². The summed E-state index contributed by atoms with van der Waals surface area (Å²) in [6, 6.07) is 6.00. The molecule has 1 aromatic rings. The van der Waals surface area contributed by atoms with Crippen LogP contribution < -0.4 is 4.72 Å². The first-order chi connectivity index (χ1) is 8.88. The van der Waals surface area contributed by atoms with Crippen LogP contribution in [0.25, 0.3) is 0 Å². The number of nitrogens with one attached hydrogen (secondary N) is 1. The Morgan fingerprint density at radius 1 is 1.32 bits per heavy atom. The third-order valence-corrected chi connectivity index (χ3v) is 4.11. The van der Waals surface area contributed by atoms with Gasteiger partial charge in [-0.25, -0.2) is 17.9 Å². The molecule has 1 rings (SSSR count). The van der Waals surface area contributed by atoms with Gasteiger partial charge in [0.25, 0.3) is 0 Å². The number of sulfonamides is 1. The molecule has 0 fully saturated rings. The van der Waals surface area contributed by atoms with Gasteiger partial charge in [0, 0.05) is 6.54 Å². The molecule has 0 spiro atoms. The van der Waals surface area contributed by atoms with E-state index in [0.29, 0.717) is 12.5 Å². The summed E-state index contributed by atoms with van der Waals surface area (Å²) in [5.41, 5.74) is 0.0436. The van der Waals surface area contributed by atoms with E-state index < -0.39 is 16.0 Å². The van der Waals surface area contributed by atoms with Crippen LogP contribution in [0.4, 0.5) is 0 Å². The summed E-state index contributed by atoms with van der Waals surface area (Å²) in [6.45, 7) is 4.36. The fourth-order valence-electron chi connectivity index (χ4n) is 1.54. The van der Waals surface area contributed by atoms with Gasteiger partial charge in [-0.05, 0) is 24.5 Å². The Bertz CT molecular complexity index is 537. The maximum Gasteiger partial charge on any atom is 0.339 e. The molecule has 1 N–H and O–H groups in total. The first-order valence-electron chi connectivity index (χ1n) is 6.05. The fraction of sp³-hybridized carbons (Fsp3) is 0.462. The second-order valence-electron chi connectivity index (χ2n) is 4.57. The molecule has 0 amide bonds. The minimum absolute atomic E-state index is 0.0436. The molecule has 1 aromatic carbocycles. The number of rotatable bonds is 6. The van der Waals surface area contributed by atoms with Crippen LogP contribution in [0, 0.1) is 5.92 Å². The third kappa shape index (κ3) is 4.33. The van der Waals surface area contributed by atoms with Gasteiger partial charge < -0.3 is 4.74 Å². The largest absolute Gasteiger partial charge is 0.465 e. The van der Waals surface area contributed by atoms with Crippen molar-refractivity contribution in [1.29, 1.82) is 0 Å². The Morgan fingerprint density at radius 2 is 1.95 bits per heavy atom. The summed E-state index contributed by atoms with van der Waals surface area (Å²) in [7, 11) is -2.47. The second kappa shape index (κ2) is 6.68. The van der Waals surface area contributed by atoms with Crippen LogP contribution in [-0.4, -0.2) is 28.0 Å². The molecule has 6 heteroatoms. The zero-order chi connectivity index (χ0) is 14.5. The summed E-state index contributed by atoms with van der Waals surface area (Å²) in [6.07, 6.45) is 0.736. The van der Waals surface area contributed by atoms with Crippen LogP contribution in [0.5, 0.6) is 0 Å². The SMILES string of the molecule is COC(=O)c1ccccc1S(=O)(=O)NCCC(C)C. The van der Waals surface area contributed by atoms with Gasteiger partial charge in [0.2, 0.25) is 10.0 Å². The van der Waals surface area contributed by atoms with Gasteiger partial charge in [-0.2, -0.15) is 0 Å². The van der Waals surface area contributed by atoms with Gasteiger partial charge in [0.15, 0.2) is 0 Å². The van der Waals surface area contributed by atoms with Gasteiger partial charge in [-0.3, -0.25) is 0 Å². The Morgan fingerprint density at radius 3 is 2.53 bits per heavy atom. The van der Waals surface area contributed by atoms with Crippen LogP contribution in [0.2, 0.25) is 0 Å². The molecular formula is C13H19NO4S. The first-order valence-corrected chi connectivity index (χ1v) is 7.54. The minimum Gasteiger partial charge on any atom is -0.465 e. The molecule has 0 radical (unpaired) electrons. The number of methoxy groups -OCH3 is 1. The number of hydrogen-bond donors (Lipinski definition) is 1. The van der Waals surface area contributed by atoms with Crippen molar-refractivity contribution in [1.82, 2.24) is 4.72 Å². The molecule has 0 atom stereocenters. The Balaban J connectivity index is 2.98. The monoisotopic (exact) mass is 285 g/mol. The highest BCUT2D eigenvalue weighted by atomic mass is 32.2. The van der Waals surface area contributed by atoms with Crippen LogP contribution in [0.3, 0.4) is 0 Å². The minimum atomic E-state index is -3.69. The molecule has 0 unspecified atom stereocenters. The summed E-state index contributed by atoms with van der Waals surface area (Å²) in [4.78, 5) is 11.5. The lowest BCUT2D eigenvalue weighted by Crippen LogP contribution is -2.27. The van der Waals surface area contributed by atoms with Crippen LogP contribution in [-0.2, 0) is 14.8 Å². The molecule has 0 saturated carbocycles. The average molecular weight is 285 g/mol. The van der Waals surface area contributed by atoms with Gasteiger partial charge in [0.1, 0.15) is 0 Å². The van der Waals surface area contributed by atoms with E-state index in [0.717, 1.165) is 6.42 Å². The van der Waals surface area contributed by atoms with Crippen molar-refractivity contribution in [2.75, 3.05) is 13.7 Å². The standard InChI is InChI=1S/C13H19NO4S/c1-10(2)8-9-14-19(16,17)12-7-5-4-6-11(12)13(15)18-3/h4-7,10,14H,8-9H2,1-3H3. The smallest absolute Gasteiger partial charge is 0.339 e. The highest BCUT2D eigenvalue weighted by molar-refractivity contribution is 7.89. The van der Waals surface area contributed by atoms with Gasteiger partial charge in [-0.1, -0.05) is 26.0 Å². The van der Waals surface area contributed by atoms with E-state index in [9.17, 15) is 13.2 Å². The predicted molar refractivity (Wildman–Crippen MR) is 72.4 cm³/mol. The van der Waals surface area contributed by atoms with E-state index in [1.54, 1.807) is 12.1 Å². The maximum absolute atomic E-state index is 12.1. The zero-order valence-electron chi connectivity index (χ0n) is 11.3. The van der Waals surface area contributed by atoms with Crippen molar-refractivity contribution < 1.29 is 17.9 Å². The van der Waals surface area contributed by atoms with E-state index in [-0.39, 0.29) is 10.5 Å². The quantitative estimate of drug-likeness (QED) is 0.809. The zero-order valence-corrected chi connectivity index (χ0v) is 12.2. The Hall–Kier alpha value is -1.40. The van der Waals surface area contributed by atoms with Crippen molar-refractivity contribution in [3.8, 4) is 0 Å². The summed E-state index contributed by atoms with van der Waals surface area (Å²) in [5, 5.41) is 0. The number of carbonyl (C=O) groups excluding carboxylic acids is 1. The van der Waals surface area contributed by atoms with Crippen molar-refractivity contribution in [3.05, 3.63) is 29.8 Å². The van der Waals surface area contributed by atoms with Gasteiger partial charge in [-0.15, -0.1) is 0 Å². The number of benzene rings is 1. The molecular weight excluding hydrogens is 266 g/mol. The molecule has 5 nitrogen and oxygen atoms in total. The van der Waals surface area contributed by atoms with E-state index >= 15 is 0 Å². The Labute approximate surface area is 114 Å². The van der Waals surface area contributed by atoms with E-state index in [1.165, 1.54) is 19.2 Å². The number of ether oxygens (including phenoxy) is 1. The normalized spacial score (nSPS) is 11.6. The lowest BCUT2D eigenvalue weighted by atomic mass is 10.1. The molecule has 0 aliphatic heterocycles. The fourth-order valence-corrected chi connectivity index (χ4v) is 2.78. The molecule has 0 aliphatic carbocycles. The second-order valence-corrected chi connectivity index (χ2v) is 6.30.